The molecule has 6 heteroatoms. The van der Waals surface area contributed by atoms with E-state index in [1.54, 1.807) is 0 Å². The molecular formula is C13H12F3N3. The normalized spacial score (nSPS) is 18.6. The molecule has 1 aliphatic carbocycles. The molecule has 1 heterocycles. The molecule has 0 saturated carbocycles. The van der Waals surface area contributed by atoms with E-state index < -0.39 is 12.7 Å². The van der Waals surface area contributed by atoms with E-state index >= 15 is 0 Å². The van der Waals surface area contributed by atoms with Crippen LogP contribution in [0, 0.1) is 0 Å². The Kier molecular flexibility index (Phi) is 2.80. The van der Waals surface area contributed by atoms with Gasteiger partial charge in [-0.3, -0.25) is 0 Å². The highest BCUT2D eigenvalue weighted by Gasteiger charge is 2.33. The third-order valence-corrected chi connectivity index (χ3v) is 3.42. The van der Waals surface area contributed by atoms with Gasteiger partial charge in [-0.05, 0) is 24.0 Å². The Hall–Kier alpha value is -1.85. The number of hydrogen-bond acceptors (Lipinski definition) is 2. The van der Waals surface area contributed by atoms with Gasteiger partial charge in [-0.15, -0.1) is 0 Å². The number of nitrogens with zero attached hydrogens (tertiary/aromatic N) is 3. The van der Waals surface area contributed by atoms with Gasteiger partial charge in [-0.2, -0.15) is 18.3 Å². The summed E-state index contributed by atoms with van der Waals surface area (Å²) in [6.07, 6.45) is -1.42. The Morgan fingerprint density at radius 3 is 2.84 bits per heavy atom. The Labute approximate surface area is 108 Å². The number of rotatable bonds is 2. The highest BCUT2D eigenvalue weighted by atomic mass is 19.4. The summed E-state index contributed by atoms with van der Waals surface area (Å²) in [4.78, 5) is 4.03. The van der Waals surface area contributed by atoms with Gasteiger partial charge in [-0.1, -0.05) is 24.3 Å². The number of alkyl halides is 3. The summed E-state index contributed by atoms with van der Waals surface area (Å²) >= 11 is 0. The number of benzene rings is 1. The van der Waals surface area contributed by atoms with Gasteiger partial charge in [0.2, 0.25) is 0 Å². The van der Waals surface area contributed by atoms with E-state index in [0.29, 0.717) is 5.82 Å². The van der Waals surface area contributed by atoms with Gasteiger partial charge < -0.3 is 0 Å². The zero-order valence-electron chi connectivity index (χ0n) is 10.1. The summed E-state index contributed by atoms with van der Waals surface area (Å²) in [6.45, 7) is -1.08. The van der Waals surface area contributed by atoms with Gasteiger partial charge in [-0.25, -0.2) is 9.67 Å². The summed E-state index contributed by atoms with van der Waals surface area (Å²) in [5.41, 5.74) is 2.26. The highest BCUT2D eigenvalue weighted by Crippen LogP contribution is 2.37. The van der Waals surface area contributed by atoms with Crippen LogP contribution < -0.4 is 0 Å². The molecule has 0 bridgehead atoms. The number of halogens is 3. The van der Waals surface area contributed by atoms with Crippen LogP contribution in [0.5, 0.6) is 0 Å². The molecule has 1 unspecified atom stereocenters. The number of hydrogen-bond donors (Lipinski definition) is 0. The van der Waals surface area contributed by atoms with Crippen LogP contribution in [0.1, 0.15) is 29.3 Å². The van der Waals surface area contributed by atoms with Crippen LogP contribution in [0.4, 0.5) is 13.2 Å². The zero-order chi connectivity index (χ0) is 13.5. The largest absolute Gasteiger partial charge is 0.408 e. The number of aryl methyl sites for hydroxylation is 1. The topological polar surface area (TPSA) is 30.7 Å². The monoisotopic (exact) mass is 267 g/mol. The van der Waals surface area contributed by atoms with Crippen molar-refractivity contribution in [2.75, 3.05) is 0 Å². The molecule has 3 nitrogen and oxygen atoms in total. The van der Waals surface area contributed by atoms with Crippen LogP contribution in [0.2, 0.25) is 0 Å². The fourth-order valence-corrected chi connectivity index (χ4v) is 2.66. The van der Waals surface area contributed by atoms with Crippen LogP contribution in [-0.4, -0.2) is 20.9 Å². The third kappa shape index (κ3) is 2.34. The second-order valence-electron chi connectivity index (χ2n) is 4.68. The van der Waals surface area contributed by atoms with E-state index in [2.05, 4.69) is 10.1 Å². The van der Waals surface area contributed by atoms with Crippen molar-refractivity contribution in [2.24, 2.45) is 0 Å². The lowest BCUT2D eigenvalue weighted by molar-refractivity contribution is -0.143. The average molecular weight is 267 g/mol. The molecule has 100 valence electrons. The molecule has 3 rings (SSSR count). The minimum Gasteiger partial charge on any atom is -0.240 e. The van der Waals surface area contributed by atoms with E-state index in [0.717, 1.165) is 23.1 Å². The van der Waals surface area contributed by atoms with Gasteiger partial charge >= 0.3 is 6.18 Å². The van der Waals surface area contributed by atoms with E-state index in [1.165, 1.54) is 11.9 Å². The van der Waals surface area contributed by atoms with E-state index in [1.807, 2.05) is 24.3 Å². The Morgan fingerprint density at radius 2 is 2.05 bits per heavy atom. The Balaban J connectivity index is 1.95. The predicted molar refractivity (Wildman–Crippen MR) is 62.7 cm³/mol. The summed E-state index contributed by atoms with van der Waals surface area (Å²) in [5, 5.41) is 3.70. The van der Waals surface area contributed by atoms with Gasteiger partial charge in [0.25, 0.3) is 0 Å². The zero-order valence-corrected chi connectivity index (χ0v) is 10.1. The maximum atomic E-state index is 12.5. The van der Waals surface area contributed by atoms with Crippen molar-refractivity contribution in [1.82, 2.24) is 14.8 Å². The molecule has 0 fully saturated rings. The predicted octanol–water partition coefficient (Wildman–Crippen LogP) is 2.92. The van der Waals surface area contributed by atoms with Crippen LogP contribution >= 0.6 is 0 Å². The van der Waals surface area contributed by atoms with Crippen molar-refractivity contribution in [1.29, 1.82) is 0 Å². The molecule has 0 N–H and O–H groups in total. The molecule has 1 atom stereocenters. The average Bonchev–Trinajstić information content (AvgIpc) is 2.92. The SMILES string of the molecule is FC(F)(F)Cn1ncnc1C1CCc2ccccc21. The smallest absolute Gasteiger partial charge is 0.240 e. The molecule has 0 radical (unpaired) electrons. The standard InChI is InChI=1S/C13H12F3N3/c14-13(15,16)7-19-12(17-8-18-19)11-6-5-9-3-1-2-4-10(9)11/h1-4,8,11H,5-7H2. The lowest BCUT2D eigenvalue weighted by atomic mass is 10.0. The number of fused-ring (bicyclic) bond motifs is 1. The first kappa shape index (κ1) is 12.2. The fraction of sp³-hybridized carbons (Fsp3) is 0.385. The van der Waals surface area contributed by atoms with E-state index in [4.69, 9.17) is 0 Å². The van der Waals surface area contributed by atoms with E-state index in [9.17, 15) is 13.2 Å². The maximum absolute atomic E-state index is 12.5. The summed E-state index contributed by atoms with van der Waals surface area (Å²) in [7, 11) is 0. The maximum Gasteiger partial charge on any atom is 0.408 e. The summed E-state index contributed by atoms with van der Waals surface area (Å²) in [5.74, 6) is 0.323. The van der Waals surface area contributed by atoms with Crippen LogP contribution in [-0.2, 0) is 13.0 Å². The minimum absolute atomic E-state index is 0.0824. The minimum atomic E-state index is -4.28. The van der Waals surface area contributed by atoms with Crippen molar-refractivity contribution in [3.8, 4) is 0 Å². The molecule has 0 aliphatic heterocycles. The first-order valence-corrected chi connectivity index (χ1v) is 6.07. The molecular weight excluding hydrogens is 255 g/mol. The summed E-state index contributed by atoms with van der Waals surface area (Å²) in [6, 6.07) is 7.82. The molecule has 0 saturated heterocycles. The first-order valence-electron chi connectivity index (χ1n) is 6.07. The molecule has 19 heavy (non-hydrogen) atoms. The Morgan fingerprint density at radius 1 is 1.26 bits per heavy atom. The lowest BCUT2D eigenvalue weighted by Gasteiger charge is -2.14. The van der Waals surface area contributed by atoms with Crippen molar-refractivity contribution in [2.45, 2.75) is 31.5 Å². The van der Waals surface area contributed by atoms with Gasteiger partial charge in [0, 0.05) is 5.92 Å². The molecule has 0 spiro atoms. The van der Waals surface area contributed by atoms with Gasteiger partial charge in [0.1, 0.15) is 18.7 Å². The second-order valence-corrected chi connectivity index (χ2v) is 4.68. The van der Waals surface area contributed by atoms with Crippen molar-refractivity contribution in [3.05, 3.63) is 47.5 Å². The highest BCUT2D eigenvalue weighted by molar-refractivity contribution is 5.38. The third-order valence-electron chi connectivity index (χ3n) is 3.42. The van der Waals surface area contributed by atoms with Crippen LogP contribution in [0.15, 0.2) is 30.6 Å². The molecule has 1 aromatic heterocycles. The lowest BCUT2D eigenvalue weighted by Crippen LogP contribution is -2.21. The first-order chi connectivity index (χ1) is 9.04. The van der Waals surface area contributed by atoms with Gasteiger partial charge in [0.05, 0.1) is 0 Å². The van der Waals surface area contributed by atoms with Crippen molar-refractivity contribution < 1.29 is 13.2 Å². The molecule has 1 aliphatic rings. The van der Waals surface area contributed by atoms with Crippen LogP contribution in [0.3, 0.4) is 0 Å². The molecule has 1 aromatic carbocycles. The van der Waals surface area contributed by atoms with Crippen LogP contribution in [0.25, 0.3) is 0 Å². The quantitative estimate of drug-likeness (QED) is 0.837. The number of aromatic nitrogens is 3. The Bertz CT molecular complexity index is 589. The van der Waals surface area contributed by atoms with E-state index in [-0.39, 0.29) is 5.92 Å². The molecule has 2 aromatic rings. The fourth-order valence-electron chi connectivity index (χ4n) is 2.66. The summed E-state index contributed by atoms with van der Waals surface area (Å²) < 4.78 is 38.4. The van der Waals surface area contributed by atoms with Crippen molar-refractivity contribution >= 4 is 0 Å². The second kappa shape index (κ2) is 4.36. The van der Waals surface area contributed by atoms with Gasteiger partial charge in [0.15, 0.2) is 0 Å². The molecule has 0 amide bonds. The van der Waals surface area contributed by atoms with Crippen molar-refractivity contribution in [3.63, 3.8) is 0 Å².